The molecule has 0 radical (unpaired) electrons. The van der Waals surface area contributed by atoms with Crippen LogP contribution in [-0.2, 0) is 0 Å². The Labute approximate surface area is 96.3 Å². The monoisotopic (exact) mass is 226 g/mol. The van der Waals surface area contributed by atoms with E-state index in [0.717, 1.165) is 25.7 Å². The standard InChI is InChI=1S/C13H26OSi/c1-5-6-7-10-13(14)11-8-9-12-15(2,3)4/h13-14H,5-8,10-11H2,1-4H3/t13-/m0/s1. The van der Waals surface area contributed by atoms with Crippen molar-refractivity contribution in [1.29, 1.82) is 0 Å². The maximum absolute atomic E-state index is 9.65. The first-order valence-corrected chi connectivity index (χ1v) is 9.64. The molecule has 0 unspecified atom stereocenters. The summed E-state index contributed by atoms with van der Waals surface area (Å²) in [6, 6.07) is 0. The largest absolute Gasteiger partial charge is 0.393 e. The van der Waals surface area contributed by atoms with Crippen LogP contribution in [0.1, 0.15) is 45.4 Å². The molecule has 0 aliphatic carbocycles. The van der Waals surface area contributed by atoms with Crippen LogP contribution in [0, 0.1) is 11.5 Å². The first-order valence-electron chi connectivity index (χ1n) is 6.14. The fraction of sp³-hybridized carbons (Fsp3) is 0.846. The number of hydrogen-bond donors (Lipinski definition) is 1. The maximum atomic E-state index is 9.65. The highest BCUT2D eigenvalue weighted by atomic mass is 28.3. The summed E-state index contributed by atoms with van der Waals surface area (Å²) >= 11 is 0. The Bertz CT molecular complexity index is 207. The number of aliphatic hydroxyl groups is 1. The molecule has 0 aromatic rings. The van der Waals surface area contributed by atoms with Crippen LogP contribution >= 0.6 is 0 Å². The molecular weight excluding hydrogens is 200 g/mol. The lowest BCUT2D eigenvalue weighted by Crippen LogP contribution is -2.16. The fourth-order valence-corrected chi connectivity index (χ4v) is 2.00. The SMILES string of the molecule is CCCCC[C@H](O)CCC#C[Si](C)(C)C. The highest BCUT2D eigenvalue weighted by Crippen LogP contribution is 2.07. The van der Waals surface area contributed by atoms with Crippen molar-refractivity contribution < 1.29 is 5.11 Å². The molecule has 1 atom stereocenters. The zero-order chi connectivity index (χ0) is 11.7. The van der Waals surface area contributed by atoms with Gasteiger partial charge in [0, 0.05) is 6.42 Å². The highest BCUT2D eigenvalue weighted by molar-refractivity contribution is 6.83. The molecule has 15 heavy (non-hydrogen) atoms. The molecule has 0 aliphatic heterocycles. The van der Waals surface area contributed by atoms with Crippen molar-refractivity contribution in [1.82, 2.24) is 0 Å². The van der Waals surface area contributed by atoms with Crippen LogP contribution in [0.4, 0.5) is 0 Å². The van der Waals surface area contributed by atoms with Gasteiger partial charge in [-0.15, -0.1) is 11.5 Å². The molecule has 0 rings (SSSR count). The van der Waals surface area contributed by atoms with E-state index in [1.807, 2.05) is 0 Å². The van der Waals surface area contributed by atoms with Crippen molar-refractivity contribution in [3.8, 4) is 11.5 Å². The van der Waals surface area contributed by atoms with Gasteiger partial charge in [0.25, 0.3) is 0 Å². The van der Waals surface area contributed by atoms with Crippen molar-refractivity contribution in [2.75, 3.05) is 0 Å². The third-order valence-corrected chi connectivity index (χ3v) is 3.13. The average molecular weight is 226 g/mol. The van der Waals surface area contributed by atoms with Crippen molar-refractivity contribution in [3.05, 3.63) is 0 Å². The molecule has 2 heteroatoms. The lowest BCUT2D eigenvalue weighted by Gasteiger charge is -2.08. The zero-order valence-electron chi connectivity index (χ0n) is 10.8. The summed E-state index contributed by atoms with van der Waals surface area (Å²) in [4.78, 5) is 0. The highest BCUT2D eigenvalue weighted by Gasteiger charge is 2.07. The molecule has 1 nitrogen and oxygen atoms in total. The van der Waals surface area contributed by atoms with Crippen LogP contribution in [0.25, 0.3) is 0 Å². The summed E-state index contributed by atoms with van der Waals surface area (Å²) in [6.07, 6.45) is 6.13. The molecular formula is C13H26OSi. The van der Waals surface area contributed by atoms with Crippen LogP contribution in [0.3, 0.4) is 0 Å². The van der Waals surface area contributed by atoms with Crippen molar-refractivity contribution in [2.45, 2.75) is 71.2 Å². The molecule has 0 spiro atoms. The average Bonchev–Trinajstić information content (AvgIpc) is 2.11. The van der Waals surface area contributed by atoms with Crippen LogP contribution in [-0.4, -0.2) is 19.3 Å². The van der Waals surface area contributed by atoms with Gasteiger partial charge in [0.2, 0.25) is 0 Å². The minimum absolute atomic E-state index is 0.132. The Kier molecular flexibility index (Phi) is 7.82. The fourth-order valence-electron chi connectivity index (χ4n) is 1.34. The molecule has 0 fully saturated rings. The predicted octanol–water partition coefficient (Wildman–Crippen LogP) is 3.59. The molecule has 88 valence electrons. The van der Waals surface area contributed by atoms with Gasteiger partial charge >= 0.3 is 0 Å². The summed E-state index contributed by atoms with van der Waals surface area (Å²) in [5.74, 6) is 3.20. The van der Waals surface area contributed by atoms with Crippen LogP contribution in [0.15, 0.2) is 0 Å². The second kappa shape index (κ2) is 7.96. The Morgan fingerprint density at radius 3 is 2.33 bits per heavy atom. The Morgan fingerprint density at radius 2 is 1.80 bits per heavy atom. The summed E-state index contributed by atoms with van der Waals surface area (Å²) in [6.45, 7) is 8.93. The third-order valence-electron chi connectivity index (χ3n) is 2.21. The summed E-state index contributed by atoms with van der Waals surface area (Å²) < 4.78 is 0. The van der Waals surface area contributed by atoms with E-state index in [-0.39, 0.29) is 6.10 Å². The Hall–Kier alpha value is -0.263. The van der Waals surface area contributed by atoms with Crippen LogP contribution in [0.5, 0.6) is 0 Å². The second-order valence-electron chi connectivity index (χ2n) is 5.24. The van der Waals surface area contributed by atoms with Crippen LogP contribution in [0.2, 0.25) is 19.6 Å². The van der Waals surface area contributed by atoms with Gasteiger partial charge < -0.3 is 5.11 Å². The van der Waals surface area contributed by atoms with Gasteiger partial charge in [0.15, 0.2) is 0 Å². The number of hydrogen-bond acceptors (Lipinski definition) is 1. The predicted molar refractivity (Wildman–Crippen MR) is 70.5 cm³/mol. The first kappa shape index (κ1) is 14.7. The number of aliphatic hydroxyl groups excluding tert-OH is 1. The summed E-state index contributed by atoms with van der Waals surface area (Å²) in [7, 11) is -1.20. The van der Waals surface area contributed by atoms with Gasteiger partial charge in [-0.05, 0) is 12.8 Å². The molecule has 0 saturated carbocycles. The Balaban J connectivity index is 3.53. The van der Waals surface area contributed by atoms with E-state index < -0.39 is 8.07 Å². The van der Waals surface area contributed by atoms with Crippen molar-refractivity contribution in [2.24, 2.45) is 0 Å². The molecule has 0 aromatic carbocycles. The smallest absolute Gasteiger partial charge is 0.129 e. The molecule has 0 aliphatic rings. The summed E-state index contributed by atoms with van der Waals surface area (Å²) in [5.41, 5.74) is 3.32. The topological polar surface area (TPSA) is 20.2 Å². The molecule has 1 N–H and O–H groups in total. The molecule has 0 bridgehead atoms. The first-order chi connectivity index (χ1) is 6.95. The van der Waals surface area contributed by atoms with E-state index in [1.54, 1.807) is 0 Å². The molecule has 0 saturated heterocycles. The van der Waals surface area contributed by atoms with E-state index in [1.165, 1.54) is 12.8 Å². The normalized spacial score (nSPS) is 13.1. The van der Waals surface area contributed by atoms with Gasteiger partial charge in [-0.3, -0.25) is 0 Å². The van der Waals surface area contributed by atoms with Gasteiger partial charge in [-0.25, -0.2) is 0 Å². The quantitative estimate of drug-likeness (QED) is 0.417. The van der Waals surface area contributed by atoms with E-state index in [9.17, 15) is 5.11 Å². The van der Waals surface area contributed by atoms with Crippen molar-refractivity contribution >= 4 is 8.07 Å². The van der Waals surface area contributed by atoms with Crippen molar-refractivity contribution in [3.63, 3.8) is 0 Å². The summed E-state index contributed by atoms with van der Waals surface area (Å²) in [5, 5.41) is 9.65. The van der Waals surface area contributed by atoms with E-state index in [4.69, 9.17) is 0 Å². The van der Waals surface area contributed by atoms with Gasteiger partial charge in [0.05, 0.1) is 6.10 Å². The maximum Gasteiger partial charge on any atom is 0.129 e. The molecule has 0 heterocycles. The number of rotatable bonds is 6. The zero-order valence-corrected chi connectivity index (χ0v) is 11.8. The Morgan fingerprint density at radius 1 is 1.13 bits per heavy atom. The molecule has 0 aromatic heterocycles. The van der Waals surface area contributed by atoms with Gasteiger partial charge in [-0.2, -0.15) is 0 Å². The lowest BCUT2D eigenvalue weighted by molar-refractivity contribution is 0.153. The minimum atomic E-state index is -1.20. The number of unbranched alkanes of at least 4 members (excludes halogenated alkanes) is 2. The van der Waals surface area contributed by atoms with E-state index >= 15 is 0 Å². The molecule has 0 amide bonds. The van der Waals surface area contributed by atoms with Crippen LogP contribution < -0.4 is 0 Å². The van der Waals surface area contributed by atoms with Gasteiger partial charge in [0.1, 0.15) is 8.07 Å². The second-order valence-corrected chi connectivity index (χ2v) is 9.99. The van der Waals surface area contributed by atoms with E-state index in [2.05, 4.69) is 38.0 Å². The van der Waals surface area contributed by atoms with Gasteiger partial charge in [-0.1, -0.05) is 45.8 Å². The minimum Gasteiger partial charge on any atom is -0.393 e. The lowest BCUT2D eigenvalue weighted by atomic mass is 10.1. The third kappa shape index (κ3) is 11.7. The van der Waals surface area contributed by atoms with E-state index in [0.29, 0.717) is 0 Å².